The third kappa shape index (κ3) is 2.64. The van der Waals surface area contributed by atoms with E-state index in [1.165, 1.54) is 29.5 Å². The van der Waals surface area contributed by atoms with Gasteiger partial charge in [-0.2, -0.15) is 5.10 Å². The van der Waals surface area contributed by atoms with E-state index in [9.17, 15) is 9.18 Å². The highest BCUT2D eigenvalue weighted by atomic mass is 19.1. The first-order valence-corrected chi connectivity index (χ1v) is 7.61. The molecule has 1 unspecified atom stereocenters. The van der Waals surface area contributed by atoms with Crippen molar-refractivity contribution >= 4 is 5.91 Å². The van der Waals surface area contributed by atoms with Crippen LogP contribution in [0.4, 0.5) is 4.39 Å². The SMILES string of the molecule is O=C(NC1CCc2cc(F)ccc21)c1ccnc(-n2cncn2)c1. The second-order valence-electron chi connectivity index (χ2n) is 5.65. The zero-order valence-corrected chi connectivity index (χ0v) is 12.7. The molecule has 1 atom stereocenters. The van der Waals surface area contributed by atoms with E-state index in [1.807, 2.05) is 0 Å². The van der Waals surface area contributed by atoms with Crippen LogP contribution in [0.2, 0.25) is 0 Å². The number of aryl methyl sites for hydroxylation is 1. The molecule has 6 nitrogen and oxygen atoms in total. The summed E-state index contributed by atoms with van der Waals surface area (Å²) in [6, 6.07) is 7.92. The smallest absolute Gasteiger partial charge is 0.251 e. The molecule has 0 radical (unpaired) electrons. The molecule has 0 saturated carbocycles. The maximum Gasteiger partial charge on any atom is 0.251 e. The zero-order chi connectivity index (χ0) is 16.5. The Bertz CT molecular complexity index is 894. The van der Waals surface area contributed by atoms with Gasteiger partial charge in [-0.15, -0.1) is 0 Å². The Morgan fingerprint density at radius 1 is 1.29 bits per heavy atom. The van der Waals surface area contributed by atoms with Crippen LogP contribution >= 0.6 is 0 Å². The molecule has 1 aromatic carbocycles. The highest BCUT2D eigenvalue weighted by Gasteiger charge is 2.24. The highest BCUT2D eigenvalue weighted by Crippen LogP contribution is 2.31. The predicted molar refractivity (Wildman–Crippen MR) is 84.1 cm³/mol. The van der Waals surface area contributed by atoms with Crippen molar-refractivity contribution in [3.63, 3.8) is 0 Å². The fourth-order valence-electron chi connectivity index (χ4n) is 2.99. The molecule has 0 spiro atoms. The van der Waals surface area contributed by atoms with Crippen LogP contribution in [-0.4, -0.2) is 25.7 Å². The number of nitrogens with one attached hydrogen (secondary N) is 1. The van der Waals surface area contributed by atoms with Crippen LogP contribution in [-0.2, 0) is 6.42 Å². The molecule has 1 aliphatic carbocycles. The Labute approximate surface area is 137 Å². The Balaban J connectivity index is 1.55. The summed E-state index contributed by atoms with van der Waals surface area (Å²) >= 11 is 0. The molecule has 3 aromatic rings. The number of hydrogen-bond acceptors (Lipinski definition) is 4. The van der Waals surface area contributed by atoms with Crippen LogP contribution in [0, 0.1) is 5.82 Å². The fourth-order valence-corrected chi connectivity index (χ4v) is 2.99. The summed E-state index contributed by atoms with van der Waals surface area (Å²) in [4.78, 5) is 20.6. The van der Waals surface area contributed by atoms with Crippen LogP contribution in [0.1, 0.15) is 33.9 Å². The number of pyridine rings is 1. The number of amides is 1. The topological polar surface area (TPSA) is 72.7 Å². The molecule has 0 bridgehead atoms. The van der Waals surface area contributed by atoms with Gasteiger partial charge >= 0.3 is 0 Å². The van der Waals surface area contributed by atoms with Crippen molar-refractivity contribution in [2.24, 2.45) is 0 Å². The van der Waals surface area contributed by atoms with Crippen molar-refractivity contribution < 1.29 is 9.18 Å². The van der Waals surface area contributed by atoms with Crippen LogP contribution in [0.3, 0.4) is 0 Å². The average molecular weight is 323 g/mol. The molecule has 0 saturated heterocycles. The van der Waals surface area contributed by atoms with Crippen molar-refractivity contribution in [1.82, 2.24) is 25.1 Å². The van der Waals surface area contributed by atoms with Gasteiger partial charge in [-0.3, -0.25) is 4.79 Å². The Morgan fingerprint density at radius 3 is 3.04 bits per heavy atom. The van der Waals surface area contributed by atoms with Crippen molar-refractivity contribution in [2.45, 2.75) is 18.9 Å². The van der Waals surface area contributed by atoms with E-state index in [-0.39, 0.29) is 17.8 Å². The largest absolute Gasteiger partial charge is 0.345 e. The second-order valence-corrected chi connectivity index (χ2v) is 5.65. The maximum atomic E-state index is 13.3. The molecule has 2 aromatic heterocycles. The number of halogens is 1. The van der Waals surface area contributed by atoms with Gasteiger partial charge in [-0.25, -0.2) is 19.0 Å². The molecule has 0 fully saturated rings. The van der Waals surface area contributed by atoms with Gasteiger partial charge in [0.2, 0.25) is 0 Å². The van der Waals surface area contributed by atoms with Crippen LogP contribution in [0.15, 0.2) is 49.2 Å². The van der Waals surface area contributed by atoms with Crippen molar-refractivity contribution in [2.75, 3.05) is 0 Å². The second kappa shape index (κ2) is 5.84. The van der Waals surface area contributed by atoms with Crippen LogP contribution < -0.4 is 5.32 Å². The van der Waals surface area contributed by atoms with E-state index < -0.39 is 0 Å². The summed E-state index contributed by atoms with van der Waals surface area (Å²) in [5.41, 5.74) is 2.43. The monoisotopic (exact) mass is 323 g/mol. The van der Waals surface area contributed by atoms with Crippen LogP contribution in [0.25, 0.3) is 5.82 Å². The molecule has 4 rings (SSSR count). The van der Waals surface area contributed by atoms with Gasteiger partial charge in [-0.05, 0) is 48.2 Å². The van der Waals surface area contributed by atoms with E-state index >= 15 is 0 Å². The van der Waals surface area contributed by atoms with Crippen LogP contribution in [0.5, 0.6) is 0 Å². The molecule has 1 aliphatic rings. The van der Waals surface area contributed by atoms with Gasteiger partial charge in [0.05, 0.1) is 6.04 Å². The number of hydrogen-bond donors (Lipinski definition) is 1. The summed E-state index contributed by atoms with van der Waals surface area (Å²) in [5.74, 6) is 0.0855. The Kier molecular flexibility index (Phi) is 3.53. The molecule has 0 aliphatic heterocycles. The molecule has 1 N–H and O–H groups in total. The third-order valence-corrected chi connectivity index (χ3v) is 4.15. The molecular formula is C17H14FN5O. The van der Waals surface area contributed by atoms with E-state index in [2.05, 4.69) is 20.4 Å². The number of benzene rings is 1. The van der Waals surface area contributed by atoms with E-state index in [0.717, 1.165) is 24.0 Å². The lowest BCUT2D eigenvalue weighted by Crippen LogP contribution is -2.27. The summed E-state index contributed by atoms with van der Waals surface area (Å²) in [6.07, 6.45) is 6.02. The molecule has 7 heteroatoms. The van der Waals surface area contributed by atoms with Gasteiger partial charge in [-0.1, -0.05) is 6.07 Å². The number of carbonyl (C=O) groups excluding carboxylic acids is 1. The lowest BCUT2D eigenvalue weighted by atomic mass is 10.1. The first-order valence-electron chi connectivity index (χ1n) is 7.61. The number of nitrogens with zero attached hydrogens (tertiary/aromatic N) is 4. The van der Waals surface area contributed by atoms with Gasteiger partial charge in [0.15, 0.2) is 5.82 Å². The predicted octanol–water partition coefficient (Wildman–Crippen LogP) is 2.22. The quantitative estimate of drug-likeness (QED) is 0.802. The molecule has 2 heterocycles. The molecule has 1 amide bonds. The summed E-state index contributed by atoms with van der Waals surface area (Å²) < 4.78 is 14.8. The summed E-state index contributed by atoms with van der Waals surface area (Å²) in [5, 5.41) is 7.01. The third-order valence-electron chi connectivity index (χ3n) is 4.15. The van der Waals surface area contributed by atoms with E-state index in [4.69, 9.17) is 0 Å². The number of rotatable bonds is 3. The van der Waals surface area contributed by atoms with E-state index in [0.29, 0.717) is 11.4 Å². The zero-order valence-electron chi connectivity index (χ0n) is 12.7. The fraction of sp³-hybridized carbons (Fsp3) is 0.176. The average Bonchev–Trinajstić information content (AvgIpc) is 3.25. The van der Waals surface area contributed by atoms with Gasteiger partial charge in [0, 0.05) is 11.8 Å². The van der Waals surface area contributed by atoms with Crippen molar-refractivity contribution in [3.8, 4) is 5.82 Å². The normalized spacial score (nSPS) is 16.0. The Morgan fingerprint density at radius 2 is 2.21 bits per heavy atom. The number of aromatic nitrogens is 4. The first-order chi connectivity index (χ1) is 11.7. The highest BCUT2D eigenvalue weighted by molar-refractivity contribution is 5.94. The van der Waals surface area contributed by atoms with Crippen molar-refractivity contribution in [3.05, 3.63) is 71.7 Å². The lowest BCUT2D eigenvalue weighted by molar-refractivity contribution is 0.0936. The minimum Gasteiger partial charge on any atom is -0.345 e. The number of carbonyl (C=O) groups is 1. The van der Waals surface area contributed by atoms with E-state index in [1.54, 1.807) is 24.4 Å². The lowest BCUT2D eigenvalue weighted by Gasteiger charge is -2.14. The van der Waals surface area contributed by atoms with Crippen molar-refractivity contribution in [1.29, 1.82) is 0 Å². The standard InChI is InChI=1S/C17H14FN5O/c18-13-2-3-14-11(7-13)1-4-15(14)22-17(24)12-5-6-20-16(8-12)23-10-19-9-21-23/h2-3,5-10,15H,1,4H2,(H,22,24). The van der Waals surface area contributed by atoms with Gasteiger partial charge < -0.3 is 5.32 Å². The van der Waals surface area contributed by atoms with Gasteiger partial charge in [0.1, 0.15) is 18.5 Å². The van der Waals surface area contributed by atoms with Gasteiger partial charge in [0.25, 0.3) is 5.91 Å². The summed E-state index contributed by atoms with van der Waals surface area (Å²) in [7, 11) is 0. The Hall–Kier alpha value is -3.09. The number of fused-ring (bicyclic) bond motifs is 1. The molecule has 120 valence electrons. The minimum absolute atomic E-state index is 0.101. The summed E-state index contributed by atoms with van der Waals surface area (Å²) in [6.45, 7) is 0. The first kappa shape index (κ1) is 14.5. The molecular weight excluding hydrogens is 309 g/mol. The minimum atomic E-state index is -0.243. The molecule has 24 heavy (non-hydrogen) atoms. The maximum absolute atomic E-state index is 13.3.